The summed E-state index contributed by atoms with van der Waals surface area (Å²) in [6, 6.07) is 7.76. The number of nitrogens with one attached hydrogen (secondary N) is 2. The third-order valence-corrected chi connectivity index (χ3v) is 7.64. The number of fused-ring (bicyclic) bond motifs is 1. The van der Waals surface area contributed by atoms with Crippen LogP contribution < -0.4 is 15.4 Å². The number of hydrogen-bond donors (Lipinski definition) is 2. The fourth-order valence-corrected chi connectivity index (χ4v) is 5.60. The van der Waals surface area contributed by atoms with E-state index in [2.05, 4.69) is 29.4 Å². The maximum Gasteiger partial charge on any atom is 0.257 e. The molecule has 2 amide bonds. The molecule has 0 bridgehead atoms. The second-order valence-corrected chi connectivity index (χ2v) is 9.48. The Morgan fingerprint density at radius 2 is 2.13 bits per heavy atom. The zero-order valence-corrected chi connectivity index (χ0v) is 19.7. The molecule has 0 aromatic heterocycles. The van der Waals surface area contributed by atoms with Gasteiger partial charge in [-0.1, -0.05) is 26.0 Å². The van der Waals surface area contributed by atoms with E-state index in [4.69, 9.17) is 4.74 Å². The third-order valence-electron chi connectivity index (χ3n) is 6.21. The maximum atomic E-state index is 12.7. The summed E-state index contributed by atoms with van der Waals surface area (Å²) in [7, 11) is 1.64. The van der Waals surface area contributed by atoms with Crippen molar-refractivity contribution in [1.29, 1.82) is 0 Å². The topological polar surface area (TPSA) is 70.7 Å². The van der Waals surface area contributed by atoms with Gasteiger partial charge in [0.05, 0.1) is 12.0 Å². The lowest BCUT2D eigenvalue weighted by atomic mass is 9.84. The Kier molecular flexibility index (Phi) is 8.84. The smallest absolute Gasteiger partial charge is 0.257 e. The third kappa shape index (κ3) is 6.50. The number of benzene rings is 1. The van der Waals surface area contributed by atoms with E-state index in [0.717, 1.165) is 61.5 Å². The van der Waals surface area contributed by atoms with Crippen LogP contribution in [0, 0.1) is 5.92 Å². The summed E-state index contributed by atoms with van der Waals surface area (Å²) in [4.78, 5) is 28.4. The van der Waals surface area contributed by atoms with Gasteiger partial charge in [-0.25, -0.2) is 0 Å². The Morgan fingerprint density at radius 3 is 2.87 bits per heavy atom. The number of amides is 2. The Bertz CT molecular complexity index is 794. The largest absolute Gasteiger partial charge is 0.497 e. The van der Waals surface area contributed by atoms with E-state index in [1.54, 1.807) is 18.9 Å². The predicted molar refractivity (Wildman–Crippen MR) is 127 cm³/mol. The summed E-state index contributed by atoms with van der Waals surface area (Å²) < 4.78 is 5.27. The van der Waals surface area contributed by atoms with Gasteiger partial charge >= 0.3 is 0 Å². The summed E-state index contributed by atoms with van der Waals surface area (Å²) >= 11 is 1.65. The van der Waals surface area contributed by atoms with Gasteiger partial charge in [0.2, 0.25) is 5.91 Å². The lowest BCUT2D eigenvalue weighted by Gasteiger charge is -2.39. The molecule has 1 heterocycles. The molecular weight excluding hydrogens is 410 g/mol. The molecule has 0 radical (unpaired) electrons. The molecule has 1 aromatic carbocycles. The van der Waals surface area contributed by atoms with Crippen LogP contribution in [-0.4, -0.2) is 61.3 Å². The van der Waals surface area contributed by atoms with E-state index in [1.165, 1.54) is 0 Å². The van der Waals surface area contributed by atoms with Crippen molar-refractivity contribution < 1.29 is 14.3 Å². The molecule has 1 aliphatic carbocycles. The zero-order valence-electron chi connectivity index (χ0n) is 18.9. The average Bonchev–Trinajstić information content (AvgIpc) is 2.79. The van der Waals surface area contributed by atoms with Gasteiger partial charge in [-0.3, -0.25) is 9.59 Å². The van der Waals surface area contributed by atoms with Crippen LogP contribution in [0.25, 0.3) is 6.08 Å². The SMILES string of the molecule is CCN(CC)CCCNC(=O)C1CCC2S/C(=C/c3cccc(OC)c3)C(=O)NC2C1. The van der Waals surface area contributed by atoms with Crippen molar-refractivity contribution in [3.05, 3.63) is 34.7 Å². The highest BCUT2D eigenvalue weighted by molar-refractivity contribution is 8.04. The first kappa shape index (κ1) is 23.7. The molecule has 0 spiro atoms. The molecule has 3 atom stereocenters. The van der Waals surface area contributed by atoms with Gasteiger partial charge in [-0.15, -0.1) is 11.8 Å². The normalized spacial score (nSPS) is 24.6. The van der Waals surface area contributed by atoms with Crippen LogP contribution in [0.15, 0.2) is 29.2 Å². The zero-order chi connectivity index (χ0) is 22.2. The first-order valence-electron chi connectivity index (χ1n) is 11.4. The number of ether oxygens (including phenoxy) is 1. The van der Waals surface area contributed by atoms with Crippen molar-refractivity contribution in [2.75, 3.05) is 33.3 Å². The van der Waals surface area contributed by atoms with Gasteiger partial charge in [0.1, 0.15) is 5.75 Å². The van der Waals surface area contributed by atoms with Gasteiger partial charge in [0.25, 0.3) is 5.91 Å². The molecule has 170 valence electrons. The van der Waals surface area contributed by atoms with Gasteiger partial charge < -0.3 is 20.3 Å². The van der Waals surface area contributed by atoms with E-state index in [-0.39, 0.29) is 23.8 Å². The van der Waals surface area contributed by atoms with E-state index in [0.29, 0.717) is 11.8 Å². The quantitative estimate of drug-likeness (QED) is 0.451. The van der Waals surface area contributed by atoms with Crippen molar-refractivity contribution >= 4 is 29.7 Å². The minimum absolute atomic E-state index is 0.0143. The number of carbonyl (C=O) groups excluding carboxylic acids is 2. The molecule has 2 fully saturated rings. The summed E-state index contributed by atoms with van der Waals surface area (Å²) in [5.41, 5.74) is 0.952. The van der Waals surface area contributed by atoms with Gasteiger partial charge in [0.15, 0.2) is 0 Å². The lowest BCUT2D eigenvalue weighted by Crippen LogP contribution is -2.51. The summed E-state index contributed by atoms with van der Waals surface area (Å²) in [5.74, 6) is 0.848. The van der Waals surface area contributed by atoms with Gasteiger partial charge in [0, 0.05) is 23.8 Å². The molecule has 6 nitrogen and oxygen atoms in total. The van der Waals surface area contributed by atoms with Crippen LogP contribution in [0.2, 0.25) is 0 Å². The maximum absolute atomic E-state index is 12.7. The molecule has 1 saturated carbocycles. The van der Waals surface area contributed by atoms with Gasteiger partial charge in [-0.05, 0) is 69.1 Å². The number of nitrogens with zero attached hydrogens (tertiary/aromatic N) is 1. The fraction of sp³-hybridized carbons (Fsp3) is 0.583. The van der Waals surface area contributed by atoms with E-state index >= 15 is 0 Å². The van der Waals surface area contributed by atoms with E-state index in [1.807, 2.05) is 30.3 Å². The fourth-order valence-electron chi connectivity index (χ4n) is 4.31. The van der Waals surface area contributed by atoms with Crippen molar-refractivity contribution in [2.45, 2.75) is 50.8 Å². The Morgan fingerprint density at radius 1 is 1.32 bits per heavy atom. The highest BCUT2D eigenvalue weighted by Gasteiger charge is 2.39. The molecule has 1 saturated heterocycles. The van der Waals surface area contributed by atoms with Crippen molar-refractivity contribution in [3.63, 3.8) is 0 Å². The summed E-state index contributed by atoms with van der Waals surface area (Å²) in [6.45, 7) is 8.14. The van der Waals surface area contributed by atoms with Crippen molar-refractivity contribution in [3.8, 4) is 5.75 Å². The predicted octanol–water partition coefficient (Wildman–Crippen LogP) is 3.28. The molecule has 31 heavy (non-hydrogen) atoms. The van der Waals surface area contributed by atoms with Crippen molar-refractivity contribution in [2.24, 2.45) is 5.92 Å². The molecule has 2 aliphatic rings. The molecule has 3 rings (SSSR count). The minimum atomic E-state index is -0.0469. The Labute approximate surface area is 190 Å². The number of methoxy groups -OCH3 is 1. The van der Waals surface area contributed by atoms with Crippen LogP contribution in [0.4, 0.5) is 0 Å². The molecule has 7 heteroatoms. The van der Waals surface area contributed by atoms with Crippen LogP contribution in [-0.2, 0) is 9.59 Å². The highest BCUT2D eigenvalue weighted by Crippen LogP contribution is 2.40. The molecule has 3 unspecified atom stereocenters. The summed E-state index contributed by atoms with van der Waals surface area (Å²) in [6.07, 6.45) is 5.42. The van der Waals surface area contributed by atoms with E-state index < -0.39 is 0 Å². The van der Waals surface area contributed by atoms with Crippen LogP contribution in [0.3, 0.4) is 0 Å². The lowest BCUT2D eigenvalue weighted by molar-refractivity contribution is -0.127. The van der Waals surface area contributed by atoms with Crippen molar-refractivity contribution in [1.82, 2.24) is 15.5 Å². The number of carbonyl (C=O) groups is 2. The second-order valence-electron chi connectivity index (χ2n) is 8.20. The van der Waals surface area contributed by atoms with Gasteiger partial charge in [-0.2, -0.15) is 0 Å². The van der Waals surface area contributed by atoms with E-state index in [9.17, 15) is 9.59 Å². The van der Waals surface area contributed by atoms with Crippen LogP contribution in [0.5, 0.6) is 5.75 Å². The number of hydrogen-bond acceptors (Lipinski definition) is 5. The first-order valence-corrected chi connectivity index (χ1v) is 12.2. The number of thioether (sulfide) groups is 1. The average molecular weight is 446 g/mol. The van der Waals surface area contributed by atoms with Crippen LogP contribution in [0.1, 0.15) is 45.1 Å². The van der Waals surface area contributed by atoms with Crippen LogP contribution >= 0.6 is 11.8 Å². The Balaban J connectivity index is 1.50. The molecule has 2 N–H and O–H groups in total. The molecule has 1 aliphatic heterocycles. The second kappa shape index (κ2) is 11.6. The number of rotatable bonds is 9. The summed E-state index contributed by atoms with van der Waals surface area (Å²) in [5, 5.41) is 6.58. The Hall–Kier alpha value is -1.99. The highest BCUT2D eigenvalue weighted by atomic mass is 32.2. The monoisotopic (exact) mass is 445 g/mol. The minimum Gasteiger partial charge on any atom is -0.497 e. The first-order chi connectivity index (χ1) is 15.0. The standard InChI is InChI=1S/C24H35N3O3S/c1-4-27(5-2)13-7-12-25-23(28)18-10-11-21-20(16-18)26-24(29)22(31-21)15-17-8-6-9-19(14-17)30-3/h6,8-9,14-15,18,20-21H,4-5,7,10-13,16H2,1-3H3,(H,25,28)(H,26,29)/b22-15+. The molecule has 1 aromatic rings. The molecular formula is C24H35N3O3S.